The highest BCUT2D eigenvalue weighted by Crippen LogP contribution is 2.22. The lowest BCUT2D eigenvalue weighted by atomic mass is 10.0. The number of benzene rings is 1. The van der Waals surface area contributed by atoms with Crippen molar-refractivity contribution in [2.24, 2.45) is 10.9 Å². The zero-order chi connectivity index (χ0) is 16.8. The number of aromatic nitrogens is 1. The molecule has 0 bridgehead atoms. The molecule has 1 aliphatic heterocycles. The van der Waals surface area contributed by atoms with Crippen molar-refractivity contribution >= 4 is 27.5 Å². The van der Waals surface area contributed by atoms with Gasteiger partial charge in [-0.25, -0.2) is 4.98 Å². The van der Waals surface area contributed by atoms with E-state index in [1.54, 1.807) is 0 Å². The number of aliphatic imine (C=N–C) groups is 1. The number of aryl methyl sites for hydroxylation is 1. The van der Waals surface area contributed by atoms with Crippen molar-refractivity contribution in [1.82, 2.24) is 15.2 Å². The number of nitrogens with zero attached hydrogens (tertiary/aromatic N) is 3. The Morgan fingerprint density at radius 2 is 2.29 bits per heavy atom. The summed E-state index contributed by atoms with van der Waals surface area (Å²) in [6.45, 7) is 8.54. The number of likely N-dealkylation sites (tertiary alicyclic amines) is 1. The molecule has 1 N–H and O–H groups in total. The number of rotatable bonds is 5. The first kappa shape index (κ1) is 17.2. The van der Waals surface area contributed by atoms with Crippen LogP contribution in [0.1, 0.15) is 38.1 Å². The first-order chi connectivity index (χ1) is 11.8. The molecule has 0 amide bonds. The Morgan fingerprint density at radius 3 is 3.08 bits per heavy atom. The van der Waals surface area contributed by atoms with Crippen LogP contribution in [0.25, 0.3) is 10.2 Å². The lowest BCUT2D eigenvalue weighted by molar-refractivity contribution is 0.266. The topological polar surface area (TPSA) is 40.5 Å². The summed E-state index contributed by atoms with van der Waals surface area (Å²) in [5.41, 5.74) is 1.12. The van der Waals surface area contributed by atoms with Crippen LogP contribution in [0.15, 0.2) is 29.3 Å². The van der Waals surface area contributed by atoms with Crippen molar-refractivity contribution in [2.75, 3.05) is 26.2 Å². The number of para-hydroxylation sites is 1. The normalized spacial score (nSPS) is 19.0. The first-order valence-electron chi connectivity index (χ1n) is 9.14. The van der Waals surface area contributed by atoms with Crippen molar-refractivity contribution in [2.45, 2.75) is 39.5 Å². The Hall–Kier alpha value is -1.62. The molecule has 24 heavy (non-hydrogen) atoms. The summed E-state index contributed by atoms with van der Waals surface area (Å²) < 4.78 is 1.28. The fourth-order valence-corrected chi connectivity index (χ4v) is 4.26. The van der Waals surface area contributed by atoms with E-state index in [0.29, 0.717) is 0 Å². The molecule has 5 heteroatoms. The van der Waals surface area contributed by atoms with Crippen molar-refractivity contribution in [3.63, 3.8) is 0 Å². The highest BCUT2D eigenvalue weighted by Gasteiger charge is 2.18. The minimum absolute atomic E-state index is 0.769. The average Bonchev–Trinajstić information content (AvgIpc) is 3.00. The van der Waals surface area contributed by atoms with Crippen LogP contribution in [0, 0.1) is 5.92 Å². The van der Waals surface area contributed by atoms with Crippen LogP contribution in [0.2, 0.25) is 0 Å². The highest BCUT2D eigenvalue weighted by molar-refractivity contribution is 7.18. The van der Waals surface area contributed by atoms with Gasteiger partial charge in [0.2, 0.25) is 0 Å². The van der Waals surface area contributed by atoms with Crippen molar-refractivity contribution in [1.29, 1.82) is 0 Å². The molecule has 1 fully saturated rings. The minimum atomic E-state index is 0.769. The van der Waals surface area contributed by atoms with Gasteiger partial charge in [-0.05, 0) is 44.2 Å². The summed E-state index contributed by atoms with van der Waals surface area (Å²) in [4.78, 5) is 12.0. The van der Waals surface area contributed by atoms with Gasteiger partial charge in [0, 0.05) is 32.6 Å². The van der Waals surface area contributed by atoms with Gasteiger partial charge in [0.1, 0.15) is 0 Å². The zero-order valence-corrected chi connectivity index (χ0v) is 15.6. The molecule has 4 nitrogen and oxygen atoms in total. The molecule has 0 aliphatic carbocycles. The van der Waals surface area contributed by atoms with Crippen LogP contribution in [0.3, 0.4) is 0 Å². The Bertz CT molecular complexity index is 646. The number of nitrogens with one attached hydrogen (secondary N) is 1. The molecular weight excluding hydrogens is 316 g/mol. The SMILES string of the molecule is CCNC(=NCCCc1nc2ccccc2s1)N1CCCC(C)C1. The van der Waals surface area contributed by atoms with Crippen LogP contribution in [-0.4, -0.2) is 42.0 Å². The maximum absolute atomic E-state index is 4.85. The summed E-state index contributed by atoms with van der Waals surface area (Å²) in [6.07, 6.45) is 4.68. The molecule has 1 saturated heterocycles. The van der Waals surface area contributed by atoms with Gasteiger partial charge in [0.25, 0.3) is 0 Å². The third kappa shape index (κ3) is 4.47. The number of thiazole rings is 1. The first-order valence-corrected chi connectivity index (χ1v) is 9.95. The predicted octanol–water partition coefficient (Wildman–Crippen LogP) is 3.93. The van der Waals surface area contributed by atoms with E-state index in [1.165, 1.54) is 22.5 Å². The Morgan fingerprint density at radius 1 is 1.42 bits per heavy atom. The second kappa shape index (κ2) is 8.47. The van der Waals surface area contributed by atoms with E-state index < -0.39 is 0 Å². The fourth-order valence-electron chi connectivity index (χ4n) is 3.25. The second-order valence-electron chi connectivity index (χ2n) is 6.61. The largest absolute Gasteiger partial charge is 0.357 e. The van der Waals surface area contributed by atoms with Gasteiger partial charge >= 0.3 is 0 Å². The number of hydrogen-bond acceptors (Lipinski definition) is 3. The molecule has 1 unspecified atom stereocenters. The number of fused-ring (bicyclic) bond motifs is 1. The van der Waals surface area contributed by atoms with Crippen molar-refractivity contribution in [3.05, 3.63) is 29.3 Å². The van der Waals surface area contributed by atoms with E-state index >= 15 is 0 Å². The average molecular weight is 345 g/mol. The summed E-state index contributed by atoms with van der Waals surface area (Å²) in [5.74, 6) is 1.86. The number of piperidine rings is 1. The highest BCUT2D eigenvalue weighted by atomic mass is 32.1. The number of guanidine groups is 1. The third-order valence-corrected chi connectivity index (χ3v) is 5.54. The van der Waals surface area contributed by atoms with Crippen LogP contribution in [-0.2, 0) is 6.42 Å². The van der Waals surface area contributed by atoms with Crippen LogP contribution in [0.4, 0.5) is 0 Å². The lowest BCUT2D eigenvalue weighted by Gasteiger charge is -2.33. The Balaban J connectivity index is 1.54. The van der Waals surface area contributed by atoms with Crippen LogP contribution >= 0.6 is 11.3 Å². The van der Waals surface area contributed by atoms with E-state index in [2.05, 4.69) is 48.3 Å². The molecule has 0 spiro atoms. The molecule has 1 atom stereocenters. The molecule has 2 heterocycles. The van der Waals surface area contributed by atoms with Gasteiger partial charge in [-0.2, -0.15) is 0 Å². The molecule has 3 rings (SSSR count). The van der Waals surface area contributed by atoms with E-state index in [4.69, 9.17) is 9.98 Å². The molecule has 0 radical (unpaired) electrons. The molecular formula is C19H28N4S. The van der Waals surface area contributed by atoms with E-state index in [1.807, 2.05) is 11.3 Å². The van der Waals surface area contributed by atoms with Gasteiger partial charge in [-0.3, -0.25) is 4.99 Å². The van der Waals surface area contributed by atoms with Gasteiger partial charge in [0.15, 0.2) is 5.96 Å². The summed E-state index contributed by atoms with van der Waals surface area (Å²) in [6, 6.07) is 8.37. The van der Waals surface area contributed by atoms with E-state index in [9.17, 15) is 0 Å². The molecule has 1 aliphatic rings. The van der Waals surface area contributed by atoms with Gasteiger partial charge in [-0.1, -0.05) is 19.1 Å². The predicted molar refractivity (Wildman–Crippen MR) is 104 cm³/mol. The monoisotopic (exact) mass is 344 g/mol. The van der Waals surface area contributed by atoms with Crippen molar-refractivity contribution < 1.29 is 0 Å². The van der Waals surface area contributed by atoms with Gasteiger partial charge in [0.05, 0.1) is 15.2 Å². The standard InChI is InChI=1S/C19H28N4S/c1-3-20-19(23-13-7-8-15(2)14-23)21-12-6-11-18-22-16-9-4-5-10-17(16)24-18/h4-5,9-10,15H,3,6-8,11-14H2,1-2H3,(H,20,21). The molecule has 0 saturated carbocycles. The van der Waals surface area contributed by atoms with Crippen LogP contribution < -0.4 is 5.32 Å². The Kier molecular flexibility index (Phi) is 6.07. The minimum Gasteiger partial charge on any atom is -0.357 e. The van der Waals surface area contributed by atoms with Gasteiger partial charge < -0.3 is 10.2 Å². The second-order valence-corrected chi connectivity index (χ2v) is 7.72. The summed E-state index contributed by atoms with van der Waals surface area (Å²) in [5, 5.41) is 4.68. The maximum Gasteiger partial charge on any atom is 0.193 e. The van der Waals surface area contributed by atoms with E-state index in [-0.39, 0.29) is 0 Å². The molecule has 130 valence electrons. The molecule has 2 aromatic rings. The van der Waals surface area contributed by atoms with Gasteiger partial charge in [-0.15, -0.1) is 11.3 Å². The lowest BCUT2D eigenvalue weighted by Crippen LogP contribution is -2.46. The molecule has 1 aromatic carbocycles. The van der Waals surface area contributed by atoms with Crippen molar-refractivity contribution in [3.8, 4) is 0 Å². The summed E-state index contributed by atoms with van der Waals surface area (Å²) >= 11 is 1.81. The number of hydrogen-bond donors (Lipinski definition) is 1. The third-order valence-electron chi connectivity index (χ3n) is 4.44. The summed E-state index contributed by atoms with van der Waals surface area (Å²) in [7, 11) is 0. The fraction of sp³-hybridized carbons (Fsp3) is 0.579. The zero-order valence-electron chi connectivity index (χ0n) is 14.8. The maximum atomic E-state index is 4.85. The van der Waals surface area contributed by atoms with Crippen LogP contribution in [0.5, 0.6) is 0 Å². The van der Waals surface area contributed by atoms with E-state index in [0.717, 1.165) is 56.4 Å². The smallest absolute Gasteiger partial charge is 0.193 e. The Labute approximate surface area is 149 Å². The molecule has 1 aromatic heterocycles. The quantitative estimate of drug-likeness (QED) is 0.508.